The summed E-state index contributed by atoms with van der Waals surface area (Å²) in [6.07, 6.45) is 2.84. The standard InChI is InChI=1S/C63H77N10O16PS/c1-37-42(40-14-16-47(68-48(40)55(78)79)72-22-17-39-10-4-11-41(43(39)29-72)54(77)70-58-69-53-46(91-58)12-5-19-66-53)28-67-73(37)36-62-31-60(2)30-61(3,32-62)34-63(33-60,35-62)87-25-23-71(21-8-26-90(83,84)85)59(82)86-24-6-9-38-13-15-45(44(27-38)65-20-7-18-64)88-57-51(76)49(74)50(75)52(89-57)56(80)81/h4-6,9-16,19,27-28,49-52,57,65,74-76H,7-8,17-18,20-26,29-36,64H2,1-3H3,(H,78,79)(H,80,81)(H2,83,84,85)(H,66,69,70,77)/b9-6+/t49-,50-,51+,52-,57+,60?,61?,62?,63?/m0/s1. The molecule has 0 radical (unpaired) electrons. The highest BCUT2D eigenvalue weighted by molar-refractivity contribution is 7.51. The van der Waals surface area contributed by atoms with Crippen molar-refractivity contribution in [2.45, 2.75) is 128 Å². The van der Waals surface area contributed by atoms with Crippen molar-refractivity contribution in [3.63, 3.8) is 0 Å². The predicted octanol–water partition coefficient (Wildman–Crippen LogP) is 6.66. The molecule has 28 heteroatoms. The molecule has 0 spiro atoms. The molecular weight excluding hydrogens is 1220 g/mol. The van der Waals surface area contributed by atoms with Gasteiger partial charge >= 0.3 is 25.6 Å². The van der Waals surface area contributed by atoms with E-state index >= 15 is 0 Å². The highest BCUT2D eigenvalue weighted by Gasteiger charge is 2.66. The molecule has 2 amide bonds. The number of thiazole rings is 1. The van der Waals surface area contributed by atoms with Crippen LogP contribution >= 0.6 is 18.9 Å². The molecule has 4 aromatic heterocycles. The maximum atomic E-state index is 13.8. The lowest BCUT2D eigenvalue weighted by atomic mass is 9.39. The monoisotopic (exact) mass is 1290 g/mol. The summed E-state index contributed by atoms with van der Waals surface area (Å²) < 4.78 is 38.7. The molecule has 11 N–H and O–H groups in total. The predicted molar refractivity (Wildman–Crippen MR) is 336 cm³/mol. The van der Waals surface area contributed by atoms with Crippen LogP contribution in [0.3, 0.4) is 0 Å². The van der Waals surface area contributed by atoms with Gasteiger partial charge in [-0.25, -0.2) is 24.4 Å². The van der Waals surface area contributed by atoms with E-state index < -0.39 is 68.1 Å². The molecule has 6 aromatic rings. The second-order valence-corrected chi connectivity index (χ2v) is 28.5. The Balaban J connectivity index is 0.744. The third-order valence-corrected chi connectivity index (χ3v) is 19.9. The normalized spacial score (nSPS) is 26.0. The van der Waals surface area contributed by atoms with Gasteiger partial charge in [0, 0.05) is 67.8 Å². The smallest absolute Gasteiger partial charge is 0.410 e. The molecule has 6 heterocycles. The van der Waals surface area contributed by atoms with Crippen LogP contribution < -0.4 is 26.0 Å². The Bertz CT molecular complexity index is 3750. The van der Waals surface area contributed by atoms with E-state index in [0.29, 0.717) is 90.1 Å². The maximum absolute atomic E-state index is 13.8. The number of aliphatic hydroxyl groups excluding tert-OH is 3. The first-order valence-electron chi connectivity index (χ1n) is 30.4. The van der Waals surface area contributed by atoms with Gasteiger partial charge in [0.2, 0.25) is 6.29 Å². The Morgan fingerprint density at radius 1 is 0.923 bits per heavy atom. The van der Waals surface area contributed by atoms with Crippen LogP contribution in [0.5, 0.6) is 5.75 Å². The average Bonchev–Trinajstić information content (AvgIpc) is 0.841. The Morgan fingerprint density at radius 3 is 2.45 bits per heavy atom. The zero-order chi connectivity index (χ0) is 64.6. The van der Waals surface area contributed by atoms with Crippen LogP contribution in [-0.4, -0.2) is 177 Å². The van der Waals surface area contributed by atoms with Gasteiger partial charge in [-0.1, -0.05) is 49.5 Å². The van der Waals surface area contributed by atoms with Crippen LogP contribution in [0.25, 0.3) is 27.6 Å². The molecule has 2 aromatic carbocycles. The second-order valence-electron chi connectivity index (χ2n) is 25.7. The average molecular weight is 1290 g/mol. The van der Waals surface area contributed by atoms with Gasteiger partial charge in [0.05, 0.1) is 35.0 Å². The number of anilines is 3. The van der Waals surface area contributed by atoms with E-state index in [2.05, 4.69) is 34.4 Å². The molecule has 4 saturated carbocycles. The van der Waals surface area contributed by atoms with Crippen LogP contribution in [0.1, 0.15) is 108 Å². The second kappa shape index (κ2) is 26.3. The number of benzene rings is 2. The highest BCUT2D eigenvalue weighted by Crippen LogP contribution is 2.72. The fourth-order valence-electron chi connectivity index (χ4n) is 15.3. The lowest BCUT2D eigenvalue weighted by molar-refractivity contribution is -0.271. The van der Waals surface area contributed by atoms with Crippen LogP contribution in [-0.2, 0) is 43.1 Å². The molecule has 12 rings (SSSR count). The number of nitrogens with zero attached hydrogens (tertiary/aromatic N) is 7. The summed E-state index contributed by atoms with van der Waals surface area (Å²) in [6, 6.07) is 17.8. The summed E-state index contributed by atoms with van der Waals surface area (Å²) in [6.45, 7) is 8.85. The number of carbonyl (C=O) groups excluding carboxylic acids is 2. The molecule has 6 aliphatic rings. The van der Waals surface area contributed by atoms with E-state index in [0.717, 1.165) is 60.0 Å². The van der Waals surface area contributed by atoms with E-state index in [9.17, 15) is 59.1 Å². The number of hydrogen-bond acceptors (Lipinski definition) is 20. The van der Waals surface area contributed by atoms with E-state index in [1.54, 1.807) is 48.8 Å². The molecule has 486 valence electrons. The Morgan fingerprint density at radius 2 is 1.71 bits per heavy atom. The topological polar surface area (TPSA) is 377 Å². The molecular formula is C63H77N10O16PS. The number of carboxylic acid groups (broad SMARTS) is 2. The van der Waals surface area contributed by atoms with Crippen molar-refractivity contribution in [1.29, 1.82) is 0 Å². The first kappa shape index (κ1) is 65.1. The number of aliphatic carboxylic acids is 1. The number of rotatable bonds is 25. The number of hydrogen-bond donors (Lipinski definition) is 10. The molecule has 5 fully saturated rings. The minimum Gasteiger partial charge on any atom is -0.479 e. The molecule has 4 aliphatic carbocycles. The zero-order valence-electron chi connectivity index (χ0n) is 50.8. The van der Waals surface area contributed by atoms with Crippen LogP contribution in [0.2, 0.25) is 0 Å². The number of fused-ring (bicyclic) bond motifs is 2. The van der Waals surface area contributed by atoms with Gasteiger partial charge in [0.25, 0.3) is 5.91 Å². The lowest BCUT2D eigenvalue weighted by Gasteiger charge is -2.69. The zero-order valence-corrected chi connectivity index (χ0v) is 52.5. The Hall–Kier alpha value is -7.43. The van der Waals surface area contributed by atoms with Crippen molar-refractivity contribution in [3.05, 3.63) is 113 Å². The van der Waals surface area contributed by atoms with E-state index in [1.807, 2.05) is 46.8 Å². The summed E-state index contributed by atoms with van der Waals surface area (Å²) in [5.41, 5.74) is 10.5. The summed E-state index contributed by atoms with van der Waals surface area (Å²) in [4.78, 5) is 88.8. The molecule has 1 saturated heterocycles. The SMILES string of the molecule is Cc1c(-c2ccc(N3CCc4cccc(C(=O)Nc5nc6ncccc6s5)c4C3)nc2C(=O)O)cnn1CC12CC3(C)CC(C)(C1)CC(OCCN(CCCP(=O)(O)O)C(=O)OC/C=C/c1ccc(O[C@@H]4O[C@H](C(=O)O)[C@@H](O)[C@H](O)[C@H]4O)c(NCCCN)c1)(C3)C2. The number of amides is 2. The van der Waals surface area contributed by atoms with Gasteiger partial charge < -0.3 is 75.1 Å². The minimum absolute atomic E-state index is 0.00664. The number of pyridine rings is 2. The number of carboxylic acids is 2. The fourth-order valence-corrected chi connectivity index (χ4v) is 16.7. The Kier molecular flexibility index (Phi) is 18.8. The third-order valence-electron chi connectivity index (χ3n) is 18.1. The number of aromatic carboxylic acids is 1. The van der Waals surface area contributed by atoms with Crippen LogP contribution in [0.4, 0.5) is 21.4 Å². The molecule has 26 nitrogen and oxygen atoms in total. The summed E-state index contributed by atoms with van der Waals surface area (Å²) >= 11 is 1.34. The summed E-state index contributed by atoms with van der Waals surface area (Å²) in [5, 5.41) is 62.8. The number of nitrogens with one attached hydrogen (secondary N) is 2. The number of carbonyl (C=O) groups is 4. The fraction of sp³-hybridized carbons (Fsp3) is 0.492. The van der Waals surface area contributed by atoms with Gasteiger partial charge in [-0.15, -0.1) is 0 Å². The molecule has 2 unspecified atom stereocenters. The van der Waals surface area contributed by atoms with Crippen molar-refractivity contribution in [2.75, 3.05) is 67.6 Å². The minimum atomic E-state index is -4.39. The molecule has 4 bridgehead atoms. The largest absolute Gasteiger partial charge is 0.479 e. The third kappa shape index (κ3) is 14.5. The number of nitrogens with two attached hydrogens (primary N) is 1. The first-order valence-corrected chi connectivity index (χ1v) is 33.0. The maximum Gasteiger partial charge on any atom is 0.410 e. The van der Waals surface area contributed by atoms with E-state index in [1.165, 1.54) is 22.3 Å². The summed E-state index contributed by atoms with van der Waals surface area (Å²) in [7, 11) is -4.39. The first-order chi connectivity index (χ1) is 43.3. The molecule has 7 atom stereocenters. The van der Waals surface area contributed by atoms with Gasteiger partial charge in [-0.05, 0) is 153 Å². The van der Waals surface area contributed by atoms with Crippen molar-refractivity contribution in [1.82, 2.24) is 29.6 Å². The van der Waals surface area contributed by atoms with Gasteiger partial charge in [0.15, 0.2) is 22.6 Å². The number of ether oxygens (including phenoxy) is 4. The Labute approximate surface area is 528 Å². The number of aliphatic hydroxyl groups is 3. The van der Waals surface area contributed by atoms with Crippen LogP contribution in [0.15, 0.2) is 79.1 Å². The molecule has 91 heavy (non-hydrogen) atoms. The lowest BCUT2D eigenvalue weighted by Crippen LogP contribution is -2.64. The highest BCUT2D eigenvalue weighted by atomic mass is 32.1. The summed E-state index contributed by atoms with van der Waals surface area (Å²) in [5.74, 6) is -2.44. The van der Waals surface area contributed by atoms with Gasteiger partial charge in [-0.2, -0.15) is 10.1 Å². The van der Waals surface area contributed by atoms with Gasteiger partial charge in [-0.3, -0.25) is 19.4 Å². The van der Waals surface area contributed by atoms with Crippen molar-refractivity contribution in [3.8, 4) is 16.9 Å². The van der Waals surface area contributed by atoms with Crippen molar-refractivity contribution < 1.29 is 78.0 Å². The van der Waals surface area contributed by atoms with Crippen molar-refractivity contribution in [2.24, 2.45) is 22.0 Å². The number of aromatic nitrogens is 5. The quantitative estimate of drug-likeness (QED) is 0.0211. The van der Waals surface area contributed by atoms with E-state index in [-0.39, 0.29) is 66.3 Å². The molecule has 2 aliphatic heterocycles. The van der Waals surface area contributed by atoms with E-state index in [4.69, 9.17) is 34.8 Å². The van der Waals surface area contributed by atoms with Crippen LogP contribution in [0, 0.1) is 23.2 Å². The van der Waals surface area contributed by atoms with Gasteiger partial charge in [0.1, 0.15) is 36.5 Å². The van der Waals surface area contributed by atoms with Crippen molar-refractivity contribution >= 4 is 75.9 Å².